The molecule has 1 atom stereocenters. The van der Waals surface area contributed by atoms with Gasteiger partial charge in [-0.05, 0) is 38.2 Å². The van der Waals surface area contributed by atoms with E-state index >= 15 is 0 Å². The third-order valence-electron chi connectivity index (χ3n) is 4.69. The van der Waals surface area contributed by atoms with Gasteiger partial charge < -0.3 is 20.9 Å². The van der Waals surface area contributed by atoms with E-state index in [-0.39, 0.29) is 12.4 Å². The van der Waals surface area contributed by atoms with Crippen molar-refractivity contribution in [1.82, 2.24) is 14.9 Å². The first-order chi connectivity index (χ1) is 12.7. The number of nitrogens with one attached hydrogen (secondary N) is 1. The van der Waals surface area contributed by atoms with Crippen molar-refractivity contribution in [2.45, 2.75) is 39.2 Å². The second-order valence-corrected chi connectivity index (χ2v) is 6.46. The molecular formula is C17H23N5O5. The van der Waals surface area contributed by atoms with E-state index < -0.39 is 28.9 Å². The lowest BCUT2D eigenvalue weighted by atomic mass is 9.74. The molecule has 0 spiro atoms. The van der Waals surface area contributed by atoms with Crippen LogP contribution < -0.4 is 11.4 Å². The van der Waals surface area contributed by atoms with Crippen LogP contribution in [0.3, 0.4) is 0 Å². The Morgan fingerprint density at radius 2 is 2.04 bits per heavy atom. The highest BCUT2D eigenvalue weighted by atomic mass is 16.3. The maximum absolute atomic E-state index is 12.2. The first kappa shape index (κ1) is 20.3. The summed E-state index contributed by atoms with van der Waals surface area (Å²) >= 11 is 0. The molecule has 10 nitrogen and oxygen atoms in total. The molecule has 1 aromatic rings. The molecule has 0 saturated carbocycles. The van der Waals surface area contributed by atoms with Gasteiger partial charge in [0.2, 0.25) is 5.91 Å². The van der Waals surface area contributed by atoms with Gasteiger partial charge in [-0.15, -0.1) is 0 Å². The van der Waals surface area contributed by atoms with Crippen LogP contribution in [-0.4, -0.2) is 50.0 Å². The molecular weight excluding hydrogens is 354 g/mol. The van der Waals surface area contributed by atoms with Gasteiger partial charge in [0.15, 0.2) is 0 Å². The summed E-state index contributed by atoms with van der Waals surface area (Å²) in [6.45, 7) is 1.39. The molecule has 0 bridgehead atoms. The number of amides is 2. The summed E-state index contributed by atoms with van der Waals surface area (Å²) in [6, 6.07) is -0.520. The topological polar surface area (TPSA) is 162 Å². The van der Waals surface area contributed by atoms with E-state index in [0.29, 0.717) is 5.56 Å². The number of aliphatic imine (C=N–C) groups is 1. The Hall–Kier alpha value is -3.01. The van der Waals surface area contributed by atoms with Gasteiger partial charge in [-0.1, -0.05) is 6.08 Å². The van der Waals surface area contributed by atoms with E-state index in [9.17, 15) is 19.5 Å². The van der Waals surface area contributed by atoms with Crippen molar-refractivity contribution in [3.8, 4) is 0 Å². The van der Waals surface area contributed by atoms with Crippen molar-refractivity contribution < 1.29 is 19.8 Å². The van der Waals surface area contributed by atoms with E-state index in [0.717, 1.165) is 36.2 Å². The number of carbonyl (C=O) groups excluding carboxylic acids is 2. The Bertz CT molecular complexity index is 860. The van der Waals surface area contributed by atoms with Gasteiger partial charge in [-0.3, -0.25) is 14.5 Å². The predicted molar refractivity (Wildman–Crippen MR) is 97.7 cm³/mol. The number of rotatable bonds is 2. The molecule has 1 aliphatic heterocycles. The fourth-order valence-electron chi connectivity index (χ4n) is 2.93. The maximum atomic E-state index is 12.2. The lowest BCUT2D eigenvalue weighted by molar-refractivity contribution is -0.144. The van der Waals surface area contributed by atoms with E-state index in [4.69, 9.17) is 10.8 Å². The fraction of sp³-hybridized carbons (Fsp3) is 0.471. The molecule has 2 amide bonds. The van der Waals surface area contributed by atoms with Crippen molar-refractivity contribution in [1.29, 1.82) is 0 Å². The number of carbonyl (C=O) groups is 2. The fourth-order valence-corrected chi connectivity index (χ4v) is 2.93. The first-order valence-electron chi connectivity index (χ1n) is 8.46. The number of amidine groups is 1. The molecule has 0 saturated heterocycles. The quantitative estimate of drug-likeness (QED) is 0.424. The molecule has 0 unspecified atom stereocenters. The molecule has 0 aromatic carbocycles. The summed E-state index contributed by atoms with van der Waals surface area (Å²) in [5.74, 6) is -0.888. The minimum Gasteiger partial charge on any atom is -0.480 e. The zero-order valence-electron chi connectivity index (χ0n) is 15.2. The Morgan fingerprint density at radius 1 is 1.33 bits per heavy atom. The van der Waals surface area contributed by atoms with Crippen LogP contribution in [0.15, 0.2) is 27.6 Å². The van der Waals surface area contributed by atoms with Gasteiger partial charge in [0, 0.05) is 18.8 Å². The van der Waals surface area contributed by atoms with Gasteiger partial charge >= 0.3 is 5.69 Å². The molecule has 2 aliphatic rings. The second-order valence-electron chi connectivity index (χ2n) is 6.46. The van der Waals surface area contributed by atoms with Crippen LogP contribution in [0, 0.1) is 5.41 Å². The third kappa shape index (κ3) is 4.05. The number of nitrogens with two attached hydrogens (primary N) is 1. The van der Waals surface area contributed by atoms with Crippen LogP contribution >= 0.6 is 0 Å². The SMILES string of the molecule is CN1C(=O)[C@@](C)(C2=CCCCC2)C(=O)N=C1O.Nc1nc(=O)[nH]cc1CO. The molecule has 146 valence electrons. The number of aliphatic hydroxyl groups excluding tert-OH is 2. The van der Waals surface area contributed by atoms with E-state index in [2.05, 4.69) is 15.0 Å². The third-order valence-corrected chi connectivity index (χ3v) is 4.69. The lowest BCUT2D eigenvalue weighted by Gasteiger charge is -2.35. The Labute approximate surface area is 155 Å². The Kier molecular flexibility index (Phi) is 6.11. The number of nitrogen functional groups attached to an aromatic ring is 1. The van der Waals surface area contributed by atoms with Crippen molar-refractivity contribution in [2.24, 2.45) is 10.4 Å². The summed E-state index contributed by atoms with van der Waals surface area (Å²) in [5, 5.41) is 17.9. The molecule has 1 aromatic heterocycles. The van der Waals surface area contributed by atoms with Gasteiger partial charge in [0.05, 0.1) is 6.61 Å². The molecule has 5 N–H and O–H groups in total. The minimum atomic E-state index is -1.22. The first-order valence-corrected chi connectivity index (χ1v) is 8.46. The standard InChI is InChI=1S/C12H16N2O3.C5H7N3O2/c1-12(8-6-4-3-5-7-8)9(15)13-11(17)14(2)10(12)16;6-4-3(2-9)1-7-5(10)8-4/h6H,3-5,7H2,1-2H3,(H,13,15,17);1,9H,2H2,(H3,6,7,8,10)/t12-;/m0./s1. The van der Waals surface area contributed by atoms with Crippen LogP contribution in [0.25, 0.3) is 0 Å². The second kappa shape index (κ2) is 8.12. The van der Waals surface area contributed by atoms with E-state index in [1.54, 1.807) is 6.92 Å². The molecule has 0 radical (unpaired) electrons. The summed E-state index contributed by atoms with van der Waals surface area (Å²) in [5.41, 5.74) is 4.78. The number of aromatic nitrogens is 2. The number of H-pyrrole nitrogens is 1. The number of aliphatic hydroxyl groups is 2. The summed E-state index contributed by atoms with van der Waals surface area (Å²) in [7, 11) is 1.43. The van der Waals surface area contributed by atoms with Crippen molar-refractivity contribution >= 4 is 23.7 Å². The number of hydrogen-bond acceptors (Lipinski definition) is 6. The Balaban J connectivity index is 0.000000223. The van der Waals surface area contributed by atoms with Crippen LogP contribution in [0.1, 0.15) is 38.2 Å². The highest BCUT2D eigenvalue weighted by Crippen LogP contribution is 2.38. The van der Waals surface area contributed by atoms with Gasteiger partial charge in [-0.2, -0.15) is 9.98 Å². The lowest BCUT2D eigenvalue weighted by Crippen LogP contribution is -2.52. The normalized spacial score (nSPS) is 22.6. The highest BCUT2D eigenvalue weighted by Gasteiger charge is 2.50. The highest BCUT2D eigenvalue weighted by molar-refractivity contribution is 6.18. The average molecular weight is 377 g/mol. The molecule has 0 fully saturated rings. The number of anilines is 1. The largest absolute Gasteiger partial charge is 0.480 e. The van der Waals surface area contributed by atoms with E-state index in [1.165, 1.54) is 13.2 Å². The van der Waals surface area contributed by atoms with Crippen molar-refractivity contribution in [3.05, 3.63) is 33.9 Å². The van der Waals surface area contributed by atoms with Crippen LogP contribution in [-0.2, 0) is 16.2 Å². The molecule has 3 rings (SSSR count). The number of aromatic amines is 1. The smallest absolute Gasteiger partial charge is 0.346 e. The van der Waals surface area contributed by atoms with Gasteiger partial charge in [-0.25, -0.2) is 4.79 Å². The maximum Gasteiger partial charge on any atom is 0.346 e. The predicted octanol–water partition coefficient (Wildman–Crippen LogP) is 0.250. The van der Waals surface area contributed by atoms with Crippen molar-refractivity contribution in [3.63, 3.8) is 0 Å². The number of nitrogens with zero attached hydrogens (tertiary/aromatic N) is 3. The average Bonchev–Trinajstić information content (AvgIpc) is 2.66. The number of hydrogen-bond donors (Lipinski definition) is 4. The molecule has 10 heteroatoms. The van der Waals surface area contributed by atoms with Crippen LogP contribution in [0.5, 0.6) is 0 Å². The van der Waals surface area contributed by atoms with Crippen molar-refractivity contribution in [2.75, 3.05) is 12.8 Å². The summed E-state index contributed by atoms with van der Waals surface area (Å²) < 4.78 is 0. The summed E-state index contributed by atoms with van der Waals surface area (Å²) in [6.07, 6.45) is 7.02. The molecule has 2 heterocycles. The monoisotopic (exact) mass is 377 g/mol. The number of allylic oxidation sites excluding steroid dienone is 1. The zero-order chi connectivity index (χ0) is 20.2. The zero-order valence-corrected chi connectivity index (χ0v) is 15.2. The van der Waals surface area contributed by atoms with Gasteiger partial charge in [0.1, 0.15) is 11.2 Å². The van der Waals surface area contributed by atoms with Crippen LogP contribution in [0.2, 0.25) is 0 Å². The Morgan fingerprint density at radius 3 is 2.59 bits per heavy atom. The summed E-state index contributed by atoms with van der Waals surface area (Å²) in [4.78, 5) is 44.8. The minimum absolute atomic E-state index is 0.0752. The molecule has 27 heavy (non-hydrogen) atoms. The molecule has 1 aliphatic carbocycles. The van der Waals surface area contributed by atoms with E-state index in [1.807, 2.05) is 6.08 Å². The van der Waals surface area contributed by atoms with Gasteiger partial charge in [0.25, 0.3) is 11.9 Å². The van der Waals surface area contributed by atoms with Crippen LogP contribution in [0.4, 0.5) is 5.82 Å².